The molecule has 28 heavy (non-hydrogen) atoms. The first-order valence-corrected chi connectivity index (χ1v) is 9.91. The molecular weight excluding hydrogens is 352 g/mol. The van der Waals surface area contributed by atoms with Crippen LogP contribution in [0.1, 0.15) is 17.9 Å². The van der Waals surface area contributed by atoms with Crippen LogP contribution >= 0.6 is 0 Å². The minimum atomic E-state index is -0.229. The van der Waals surface area contributed by atoms with Crippen molar-refractivity contribution in [1.82, 2.24) is 4.90 Å². The highest BCUT2D eigenvalue weighted by atomic mass is 16.5. The van der Waals surface area contributed by atoms with Crippen molar-refractivity contribution >= 4 is 12.0 Å². The van der Waals surface area contributed by atoms with E-state index >= 15 is 0 Å². The Balaban J connectivity index is 1.19. The number of carbonyl (C=O) groups is 1. The molecule has 4 rings (SSSR count). The number of hydrogen-bond donors (Lipinski definition) is 0. The third kappa shape index (κ3) is 4.37. The minimum Gasteiger partial charge on any atom is -0.493 e. The van der Waals surface area contributed by atoms with E-state index in [9.17, 15) is 4.79 Å². The molecule has 1 saturated heterocycles. The van der Waals surface area contributed by atoms with Gasteiger partial charge in [0.25, 0.3) is 0 Å². The van der Waals surface area contributed by atoms with Gasteiger partial charge >= 0.3 is 0 Å². The van der Waals surface area contributed by atoms with E-state index in [0.29, 0.717) is 12.4 Å². The van der Waals surface area contributed by atoms with Gasteiger partial charge in [-0.05, 0) is 30.7 Å². The molecule has 2 aromatic rings. The van der Waals surface area contributed by atoms with Crippen molar-refractivity contribution in [3.63, 3.8) is 0 Å². The molecule has 0 aliphatic carbocycles. The maximum Gasteiger partial charge on any atom is 0.134 e. The number of allylic oxidation sites excluding steroid dienone is 1. The Labute approximate surface area is 166 Å². The molecule has 0 spiro atoms. The highest BCUT2D eigenvalue weighted by Gasteiger charge is 2.18. The van der Waals surface area contributed by atoms with Gasteiger partial charge < -0.3 is 19.2 Å². The van der Waals surface area contributed by atoms with Crippen molar-refractivity contribution in [2.75, 3.05) is 44.2 Å². The first kappa shape index (κ1) is 18.6. The Morgan fingerprint density at radius 1 is 1.07 bits per heavy atom. The van der Waals surface area contributed by atoms with E-state index in [0.717, 1.165) is 56.7 Å². The number of rotatable bonds is 7. The highest BCUT2D eigenvalue weighted by Crippen LogP contribution is 2.33. The molecule has 5 nitrogen and oxygen atoms in total. The number of anilines is 1. The topological polar surface area (TPSA) is 42.0 Å². The van der Waals surface area contributed by atoms with E-state index in [2.05, 4.69) is 40.1 Å². The minimum absolute atomic E-state index is 0.229. The predicted octanol–water partition coefficient (Wildman–Crippen LogP) is 3.47. The summed E-state index contributed by atoms with van der Waals surface area (Å²) in [5, 5.41) is 0. The summed E-state index contributed by atoms with van der Waals surface area (Å²) >= 11 is 0. The zero-order valence-corrected chi connectivity index (χ0v) is 16.0. The van der Waals surface area contributed by atoms with Gasteiger partial charge in [-0.1, -0.05) is 24.3 Å². The molecule has 0 bridgehead atoms. The summed E-state index contributed by atoms with van der Waals surface area (Å²) in [6.07, 6.45) is 5.24. The van der Waals surface area contributed by atoms with E-state index in [4.69, 9.17) is 9.47 Å². The van der Waals surface area contributed by atoms with Gasteiger partial charge in [-0.3, -0.25) is 4.90 Å². The van der Waals surface area contributed by atoms with Gasteiger partial charge in [0.2, 0.25) is 0 Å². The molecule has 0 saturated carbocycles. The molecule has 1 unspecified atom stereocenters. The van der Waals surface area contributed by atoms with Crippen molar-refractivity contribution in [2.45, 2.75) is 12.3 Å². The van der Waals surface area contributed by atoms with Crippen molar-refractivity contribution in [3.8, 4) is 11.5 Å². The maximum absolute atomic E-state index is 11.1. The summed E-state index contributed by atoms with van der Waals surface area (Å²) in [5.41, 5.74) is 2.20. The van der Waals surface area contributed by atoms with Crippen LogP contribution in [0.15, 0.2) is 60.9 Å². The van der Waals surface area contributed by atoms with Crippen molar-refractivity contribution in [2.24, 2.45) is 0 Å². The fraction of sp³-hybridized carbons (Fsp3) is 0.348. The third-order valence-electron chi connectivity index (χ3n) is 5.35. The lowest BCUT2D eigenvalue weighted by Crippen LogP contribution is -2.46. The normalized spacial score (nSPS) is 19.0. The zero-order valence-electron chi connectivity index (χ0n) is 16.0. The molecule has 0 amide bonds. The van der Waals surface area contributed by atoms with E-state index < -0.39 is 0 Å². The molecule has 0 N–H and O–H groups in total. The molecule has 2 aromatic carbocycles. The lowest BCUT2D eigenvalue weighted by Gasteiger charge is -2.36. The van der Waals surface area contributed by atoms with Crippen LogP contribution in [0.25, 0.3) is 0 Å². The number of hydrogen-bond acceptors (Lipinski definition) is 5. The number of para-hydroxylation sites is 1. The fourth-order valence-corrected chi connectivity index (χ4v) is 3.75. The Hall–Kier alpha value is -2.79. The van der Waals surface area contributed by atoms with E-state index in [-0.39, 0.29) is 5.92 Å². The molecule has 5 heteroatoms. The summed E-state index contributed by atoms with van der Waals surface area (Å²) in [6, 6.07) is 16.3. The molecule has 1 fully saturated rings. The molecule has 146 valence electrons. The number of benzene rings is 2. The van der Waals surface area contributed by atoms with Gasteiger partial charge in [0.15, 0.2) is 0 Å². The van der Waals surface area contributed by atoms with Crippen LogP contribution in [0.4, 0.5) is 5.69 Å². The largest absolute Gasteiger partial charge is 0.493 e. The highest BCUT2D eigenvalue weighted by molar-refractivity contribution is 5.68. The lowest BCUT2D eigenvalue weighted by atomic mass is 9.98. The second-order valence-corrected chi connectivity index (χ2v) is 7.17. The quantitative estimate of drug-likeness (QED) is 0.545. The van der Waals surface area contributed by atoms with Gasteiger partial charge in [0.05, 0.1) is 18.8 Å². The SMILES string of the molecule is O=CC1C=COc2cc(OCCCN3CCN(c4ccccc4)CC3)ccc21. The van der Waals surface area contributed by atoms with Crippen LogP contribution in [0, 0.1) is 0 Å². The smallest absolute Gasteiger partial charge is 0.134 e. The van der Waals surface area contributed by atoms with Crippen LogP contribution in [0.3, 0.4) is 0 Å². The number of fused-ring (bicyclic) bond motifs is 1. The van der Waals surface area contributed by atoms with Gasteiger partial charge in [0.1, 0.15) is 17.8 Å². The third-order valence-corrected chi connectivity index (χ3v) is 5.35. The van der Waals surface area contributed by atoms with Gasteiger partial charge in [-0.2, -0.15) is 0 Å². The molecule has 1 atom stereocenters. The second kappa shape index (κ2) is 8.93. The van der Waals surface area contributed by atoms with Crippen molar-refractivity contribution in [3.05, 3.63) is 66.4 Å². The summed E-state index contributed by atoms with van der Waals surface area (Å²) in [6.45, 7) is 6.02. The molecule has 2 aliphatic heterocycles. The number of ether oxygens (including phenoxy) is 2. The molecular formula is C23H26N2O3. The van der Waals surface area contributed by atoms with Crippen molar-refractivity contribution in [1.29, 1.82) is 0 Å². The Morgan fingerprint density at radius 2 is 1.89 bits per heavy atom. The Kier molecular flexibility index (Phi) is 5.92. The summed E-state index contributed by atoms with van der Waals surface area (Å²) in [5.74, 6) is 1.26. The maximum atomic E-state index is 11.1. The van der Waals surface area contributed by atoms with E-state index in [1.165, 1.54) is 5.69 Å². The van der Waals surface area contributed by atoms with Crippen molar-refractivity contribution < 1.29 is 14.3 Å². The summed E-state index contributed by atoms with van der Waals surface area (Å²) in [4.78, 5) is 16.1. The van der Waals surface area contributed by atoms with Gasteiger partial charge in [-0.25, -0.2) is 0 Å². The van der Waals surface area contributed by atoms with Crippen LogP contribution in [0.5, 0.6) is 11.5 Å². The summed E-state index contributed by atoms with van der Waals surface area (Å²) in [7, 11) is 0. The fourth-order valence-electron chi connectivity index (χ4n) is 3.75. The monoisotopic (exact) mass is 378 g/mol. The zero-order chi connectivity index (χ0) is 19.2. The number of nitrogens with zero attached hydrogens (tertiary/aromatic N) is 2. The number of piperazine rings is 1. The van der Waals surface area contributed by atoms with Crippen LogP contribution in [-0.4, -0.2) is 50.5 Å². The second-order valence-electron chi connectivity index (χ2n) is 7.17. The molecule has 2 aliphatic rings. The average Bonchev–Trinajstić information content (AvgIpc) is 2.77. The van der Waals surface area contributed by atoms with Crippen LogP contribution in [-0.2, 0) is 4.79 Å². The first-order chi connectivity index (χ1) is 13.8. The van der Waals surface area contributed by atoms with Crippen LogP contribution in [0.2, 0.25) is 0 Å². The summed E-state index contributed by atoms with van der Waals surface area (Å²) < 4.78 is 11.4. The van der Waals surface area contributed by atoms with Crippen LogP contribution < -0.4 is 14.4 Å². The van der Waals surface area contributed by atoms with Gasteiger partial charge in [-0.15, -0.1) is 0 Å². The average molecular weight is 378 g/mol. The predicted molar refractivity (Wildman–Crippen MR) is 110 cm³/mol. The van der Waals surface area contributed by atoms with Gasteiger partial charge in [0, 0.05) is 50.0 Å². The first-order valence-electron chi connectivity index (χ1n) is 9.91. The Morgan fingerprint density at radius 3 is 2.68 bits per heavy atom. The Bertz CT molecular complexity index is 814. The van der Waals surface area contributed by atoms with E-state index in [1.54, 1.807) is 12.3 Å². The molecule has 2 heterocycles. The number of aldehydes is 1. The standard InChI is InChI=1S/C23H26N2O3/c26-18-19-9-16-28-23-17-21(7-8-22(19)23)27-15-4-10-24-11-13-25(14-12-24)20-5-2-1-3-6-20/h1-3,5-9,16-19H,4,10-15H2. The molecule has 0 radical (unpaired) electrons. The number of carbonyl (C=O) groups excluding carboxylic acids is 1. The lowest BCUT2D eigenvalue weighted by molar-refractivity contribution is -0.108. The van der Waals surface area contributed by atoms with E-state index in [1.807, 2.05) is 18.2 Å². The molecule has 0 aromatic heterocycles.